The summed E-state index contributed by atoms with van der Waals surface area (Å²) >= 11 is 11.9. The predicted molar refractivity (Wildman–Crippen MR) is 409 cm³/mol. The van der Waals surface area contributed by atoms with Gasteiger partial charge in [0.05, 0.1) is 29.2 Å². The maximum atomic E-state index is 15.1. The summed E-state index contributed by atoms with van der Waals surface area (Å²) in [7, 11) is 0. The molecule has 33 heteroatoms. The summed E-state index contributed by atoms with van der Waals surface area (Å²) in [6.07, 6.45) is 2.43. The fourth-order valence-corrected chi connectivity index (χ4v) is 14.4. The predicted octanol–water partition coefficient (Wildman–Crippen LogP) is 2.63. The zero-order valence-electron chi connectivity index (χ0n) is 59.6. The molecule has 30 nitrogen and oxygen atoms in total. The number of aliphatic carboxylic acids is 1. The molecule has 3 heterocycles. The van der Waals surface area contributed by atoms with E-state index in [0.717, 1.165) is 34.7 Å². The largest absolute Gasteiger partial charge is 0.507 e. The molecule has 0 radical (unpaired) electrons. The summed E-state index contributed by atoms with van der Waals surface area (Å²) < 4.78 is 5.85. The van der Waals surface area contributed by atoms with E-state index in [-0.39, 0.29) is 98.6 Å². The van der Waals surface area contributed by atoms with Gasteiger partial charge < -0.3 is 88.7 Å². The Labute approximate surface area is 638 Å². The first-order chi connectivity index (χ1) is 51.3. The molecule has 0 spiro atoms. The van der Waals surface area contributed by atoms with Crippen LogP contribution in [0.25, 0.3) is 21.8 Å². The van der Waals surface area contributed by atoms with E-state index in [1.807, 2.05) is 24.4 Å². The quantitative estimate of drug-likeness (QED) is 0.0150. The highest BCUT2D eigenvalue weighted by Gasteiger charge is 2.45. The summed E-state index contributed by atoms with van der Waals surface area (Å²) in [5, 5.41) is 65.7. The molecule has 11 amide bonds. The number of nitrogens with one attached hydrogen (secondary N) is 11. The molecular weight excluding hydrogens is 1480 g/mol. The van der Waals surface area contributed by atoms with Crippen molar-refractivity contribution in [2.45, 2.75) is 151 Å². The van der Waals surface area contributed by atoms with Gasteiger partial charge in [-0.05, 0) is 134 Å². The van der Waals surface area contributed by atoms with Crippen LogP contribution in [-0.4, -0.2) is 223 Å². The minimum absolute atomic E-state index is 0.00125. The number of nitrogens with zero attached hydrogens (tertiary/aromatic N) is 2. The van der Waals surface area contributed by atoms with Gasteiger partial charge >= 0.3 is 18.1 Å². The second-order valence-corrected chi connectivity index (χ2v) is 28.2. The number of amides is 11. The van der Waals surface area contributed by atoms with Gasteiger partial charge in [-0.25, -0.2) is 14.4 Å². The third-order valence-electron chi connectivity index (χ3n) is 18.9. The minimum atomic E-state index is -1.79. The molecule has 576 valence electrons. The molecule has 1 aliphatic heterocycles. The van der Waals surface area contributed by atoms with Gasteiger partial charge in [-0.1, -0.05) is 72.8 Å². The minimum Gasteiger partial charge on any atom is -0.507 e. The van der Waals surface area contributed by atoms with Crippen LogP contribution in [0.4, 0.5) is 9.59 Å². The number of H-pyrrole nitrogens is 2. The van der Waals surface area contributed by atoms with Crippen LogP contribution in [-0.2, 0) is 73.6 Å². The number of halogens is 1. The second-order valence-electron chi connectivity index (χ2n) is 26.6. The third kappa shape index (κ3) is 22.3. The Morgan fingerprint density at radius 3 is 1.91 bits per heavy atom. The Bertz CT molecular complexity index is 4150. The van der Waals surface area contributed by atoms with Crippen molar-refractivity contribution in [2.75, 3.05) is 50.8 Å². The first kappa shape index (κ1) is 83.1. The van der Waals surface area contributed by atoms with E-state index in [4.69, 9.17) is 10.5 Å². The number of carbonyl (C=O) groups excluding carboxylic acids is 10. The van der Waals surface area contributed by atoms with Gasteiger partial charge in [-0.15, -0.1) is 6.58 Å². The Hall–Kier alpha value is -9.51. The zero-order valence-corrected chi connectivity index (χ0v) is 62.9. The molecule has 2 aliphatic rings. The van der Waals surface area contributed by atoms with Crippen molar-refractivity contribution in [2.24, 2.45) is 11.7 Å². The number of ether oxygens (including phenoxy) is 1. The van der Waals surface area contributed by atoms with Gasteiger partial charge in [0.25, 0.3) is 0 Å². The number of carboxylic acids is 1. The molecule has 0 saturated carbocycles. The number of phenols is 1. The Balaban J connectivity index is 0.977. The van der Waals surface area contributed by atoms with Crippen molar-refractivity contribution in [1.29, 1.82) is 0 Å². The van der Waals surface area contributed by atoms with Crippen molar-refractivity contribution in [1.82, 2.24) is 67.6 Å². The van der Waals surface area contributed by atoms with Crippen LogP contribution in [0.2, 0.25) is 0 Å². The van der Waals surface area contributed by atoms with Gasteiger partial charge in [-0.2, -0.15) is 25.3 Å². The average molecular weight is 1580 g/mol. The van der Waals surface area contributed by atoms with Gasteiger partial charge in [0.1, 0.15) is 48.0 Å². The van der Waals surface area contributed by atoms with E-state index in [1.165, 1.54) is 30.7 Å². The monoisotopic (exact) mass is 1580 g/mol. The lowest BCUT2D eigenvalue weighted by Gasteiger charge is -2.47. The summed E-state index contributed by atoms with van der Waals surface area (Å²) in [5.41, 5.74) is 11.4. The normalized spacial score (nSPS) is 17.4. The Morgan fingerprint density at radius 1 is 0.682 bits per heavy atom. The standard InChI is InChI=1S/C74H95BrN14O16S2/c1-5-26-88-37-46(32-49-48-19-14-22-52-61(48)45(36-79-52)34-59(49)88)71(100)89(73(103)77-6-2)27-15-28-105-74(104)85-55(30-42-16-8-7-9-17-42)66(95)83-57(38-106)68(97)81-54(31-43-23-24-60(92)50(75)29-43)65(94)82-56(33-44-35-78-51-20-11-10-18-47(44)51)67(96)80-53(21-12-13-25-76)64(93)86-62(40(3)90)70(99)84-58(39-107)69(98)87-63(41(4)91)72(101)102/h5,7-11,14,16-20,22-24,29,35-36,40-41,46,49,53-59,62-63,78-79,90-92,106-107H,1,6,12-13,15,21,25-28,30-34,37-39,76H2,2-4H3,(H,77,103)(H,80,96)(H,81,97)(H,82,94)(H,83,95)(H,84,99)(H,85,104)(H,86,93)(H,87,98)(H,101,102)/t40-,41-,46-,49?,53+,54+,55-,56-,57+,58+,59?,62+,63+/m1/s1. The van der Waals surface area contributed by atoms with Crippen molar-refractivity contribution in [3.8, 4) is 5.75 Å². The van der Waals surface area contributed by atoms with Crippen molar-refractivity contribution in [3.05, 3.63) is 148 Å². The smallest absolute Gasteiger partial charge is 0.407 e. The van der Waals surface area contributed by atoms with Crippen molar-refractivity contribution in [3.63, 3.8) is 0 Å². The van der Waals surface area contributed by atoms with Crippen molar-refractivity contribution >= 4 is 128 Å². The molecule has 2 aromatic heterocycles. The number of phenolic OH excluding ortho intramolecular Hbond substituents is 1. The van der Waals surface area contributed by atoms with Crippen LogP contribution in [0.15, 0.2) is 121 Å². The van der Waals surface area contributed by atoms with Gasteiger partial charge in [0.2, 0.25) is 47.3 Å². The molecule has 1 aliphatic carbocycles. The molecule has 2 unspecified atom stereocenters. The number of carboxylic acid groups (broad SMARTS) is 1. The number of para-hydroxylation sites is 1. The SMILES string of the molecule is C=CCN1C[C@H](C(=O)N(CCCOC(=O)N[C@H](Cc2ccccc2)C(=O)N[C@@H](CS)C(=O)N[C@@H](Cc2ccc(O)c(Br)c2)C(=O)N[C@H](Cc2c[nH]c3ccccc23)C(=O)N[C@@H](CCCCN)C(=O)N[C@H](C(=O)N[C@@H](CS)C(=O)N[C@H](C(=O)O)[C@@H](C)O)[C@@H](C)O)C(=O)NCC)CC2c3cccc4[nH]cc(c34)CC21. The topological polar surface area (TPSA) is 450 Å². The van der Waals surface area contributed by atoms with Crippen molar-refractivity contribution < 1.29 is 77.9 Å². The molecule has 6 aromatic rings. The van der Waals surface area contributed by atoms with E-state index in [9.17, 15) is 63.6 Å². The number of urea groups is 1. The average Bonchev–Trinajstić information content (AvgIpc) is 1.70. The van der Waals surface area contributed by atoms with E-state index >= 15 is 9.59 Å². The molecule has 107 heavy (non-hydrogen) atoms. The van der Waals surface area contributed by atoms with Crippen LogP contribution in [0.1, 0.15) is 86.6 Å². The first-order valence-corrected chi connectivity index (χ1v) is 37.5. The van der Waals surface area contributed by atoms with Gasteiger partial charge in [-0.3, -0.25) is 48.2 Å². The van der Waals surface area contributed by atoms with Crippen LogP contribution in [0.5, 0.6) is 5.75 Å². The van der Waals surface area contributed by atoms with E-state index < -0.39 is 132 Å². The number of aromatic hydroxyl groups is 1. The highest BCUT2D eigenvalue weighted by molar-refractivity contribution is 9.10. The number of benzene rings is 4. The molecule has 4 aromatic carbocycles. The number of piperidine rings is 1. The molecule has 8 rings (SSSR count). The van der Waals surface area contributed by atoms with Gasteiger partial charge in [0.15, 0.2) is 6.04 Å². The summed E-state index contributed by atoms with van der Waals surface area (Å²) in [5.74, 6) is -10.3. The fourth-order valence-electron chi connectivity index (χ4n) is 13.4. The summed E-state index contributed by atoms with van der Waals surface area (Å²) in [4.78, 5) is 165. The number of aliphatic hydroxyl groups is 2. The number of fused-ring (bicyclic) bond motifs is 3. The molecule has 13 atom stereocenters. The lowest BCUT2D eigenvalue weighted by atomic mass is 9.72. The number of likely N-dealkylation sites (tertiary alicyclic amines) is 1. The molecular formula is C74H95BrN14O16S2. The van der Waals surface area contributed by atoms with E-state index in [1.54, 1.807) is 67.7 Å². The van der Waals surface area contributed by atoms with Crippen LogP contribution in [0, 0.1) is 5.92 Å². The number of carbonyl (C=O) groups is 11. The summed E-state index contributed by atoms with van der Waals surface area (Å²) in [6, 6.07) is 13.1. The molecule has 1 saturated heterocycles. The number of alkyl carbamates (subject to hydrolysis) is 1. The summed E-state index contributed by atoms with van der Waals surface area (Å²) in [6.45, 7) is 8.97. The number of thiol groups is 2. The number of hydrogen-bond acceptors (Lipinski definition) is 19. The number of rotatable bonds is 38. The number of aliphatic hydroxyl groups excluding tert-OH is 2. The number of hydrogen-bond donors (Lipinski definition) is 18. The van der Waals surface area contributed by atoms with Crippen LogP contribution in [0.3, 0.4) is 0 Å². The number of unbranched alkanes of at least 4 members (excludes halogenated alkanes) is 1. The number of imide groups is 1. The molecule has 1 fully saturated rings. The maximum absolute atomic E-state index is 15.1. The lowest BCUT2D eigenvalue weighted by molar-refractivity contribution is -0.145. The fraction of sp³-hybridized carbons (Fsp3) is 0.446. The highest BCUT2D eigenvalue weighted by Crippen LogP contribution is 2.45. The van der Waals surface area contributed by atoms with Crippen LogP contribution >= 0.6 is 41.2 Å². The Kier molecular flexibility index (Phi) is 31.0. The third-order valence-corrected chi connectivity index (χ3v) is 20.3. The van der Waals surface area contributed by atoms with E-state index in [2.05, 4.69) is 117 Å². The van der Waals surface area contributed by atoms with Crippen LogP contribution < -0.4 is 53.6 Å². The highest BCUT2D eigenvalue weighted by atomic mass is 79.9. The first-order valence-electron chi connectivity index (χ1n) is 35.4. The molecule has 17 N–H and O–H groups in total. The number of aromatic nitrogens is 2. The second kappa shape index (κ2) is 39.9. The van der Waals surface area contributed by atoms with Gasteiger partial charge in [0, 0.05) is 103 Å². The number of aromatic amines is 2. The zero-order chi connectivity index (χ0) is 77.6. The molecule has 0 bridgehead atoms. The maximum Gasteiger partial charge on any atom is 0.407 e. The number of nitrogens with two attached hydrogens (primary N) is 1. The Morgan fingerprint density at radius 2 is 1.26 bits per heavy atom. The lowest BCUT2D eigenvalue weighted by Crippen LogP contribution is -2.62. The van der Waals surface area contributed by atoms with E-state index in [0.29, 0.717) is 53.5 Å².